The molecule has 0 aliphatic rings. The number of benzene rings is 1. The summed E-state index contributed by atoms with van der Waals surface area (Å²) in [7, 11) is 0. The SMILES string of the molecule is CC(O)CCNCc1ccc(Cl)c(Cl)c1. The summed E-state index contributed by atoms with van der Waals surface area (Å²) in [6.07, 6.45) is 0.493. The van der Waals surface area contributed by atoms with E-state index in [-0.39, 0.29) is 6.10 Å². The molecule has 0 aliphatic carbocycles. The van der Waals surface area contributed by atoms with Crippen LogP contribution in [0, 0.1) is 0 Å². The number of halogens is 2. The molecular formula is C11H15Cl2NO. The van der Waals surface area contributed by atoms with Gasteiger partial charge in [-0.2, -0.15) is 0 Å². The maximum atomic E-state index is 9.05. The molecule has 0 saturated heterocycles. The van der Waals surface area contributed by atoms with E-state index >= 15 is 0 Å². The van der Waals surface area contributed by atoms with Gasteiger partial charge >= 0.3 is 0 Å². The van der Waals surface area contributed by atoms with E-state index in [1.807, 2.05) is 12.1 Å². The second-order valence-electron chi connectivity index (χ2n) is 3.56. The van der Waals surface area contributed by atoms with Gasteiger partial charge in [0.1, 0.15) is 0 Å². The molecule has 2 nitrogen and oxygen atoms in total. The molecule has 1 rings (SSSR count). The van der Waals surface area contributed by atoms with Gasteiger partial charge in [0.05, 0.1) is 16.1 Å². The Morgan fingerprint density at radius 2 is 2.07 bits per heavy atom. The lowest BCUT2D eigenvalue weighted by molar-refractivity contribution is 0.183. The second-order valence-corrected chi connectivity index (χ2v) is 4.38. The second kappa shape index (κ2) is 6.33. The van der Waals surface area contributed by atoms with Crippen molar-refractivity contribution >= 4 is 23.2 Å². The van der Waals surface area contributed by atoms with Crippen molar-refractivity contribution in [3.63, 3.8) is 0 Å². The van der Waals surface area contributed by atoms with Gasteiger partial charge in [-0.1, -0.05) is 29.3 Å². The lowest BCUT2D eigenvalue weighted by atomic mass is 10.2. The van der Waals surface area contributed by atoms with Crippen LogP contribution in [0.1, 0.15) is 18.9 Å². The fourth-order valence-electron chi connectivity index (χ4n) is 1.19. The number of nitrogens with one attached hydrogen (secondary N) is 1. The van der Waals surface area contributed by atoms with Crippen LogP contribution in [0.3, 0.4) is 0 Å². The maximum Gasteiger partial charge on any atom is 0.0595 e. The molecule has 0 aromatic heterocycles. The summed E-state index contributed by atoms with van der Waals surface area (Å²) in [5.41, 5.74) is 1.09. The zero-order chi connectivity index (χ0) is 11.3. The lowest BCUT2D eigenvalue weighted by Gasteiger charge is -2.07. The van der Waals surface area contributed by atoms with Gasteiger partial charge in [0.2, 0.25) is 0 Å². The minimum absolute atomic E-state index is 0.258. The molecule has 1 aromatic rings. The van der Waals surface area contributed by atoms with Crippen LogP contribution >= 0.6 is 23.2 Å². The van der Waals surface area contributed by atoms with Gasteiger partial charge < -0.3 is 10.4 Å². The Morgan fingerprint density at radius 1 is 1.33 bits per heavy atom. The molecule has 0 bridgehead atoms. The number of hydrogen-bond donors (Lipinski definition) is 2. The average Bonchev–Trinajstić information content (AvgIpc) is 2.18. The van der Waals surface area contributed by atoms with Crippen molar-refractivity contribution in [3.8, 4) is 0 Å². The van der Waals surface area contributed by atoms with E-state index in [9.17, 15) is 0 Å². The summed E-state index contributed by atoms with van der Waals surface area (Å²) in [6, 6.07) is 5.57. The highest BCUT2D eigenvalue weighted by Gasteiger charge is 1.99. The van der Waals surface area contributed by atoms with E-state index in [2.05, 4.69) is 5.32 Å². The molecule has 0 amide bonds. The Labute approximate surface area is 100 Å². The van der Waals surface area contributed by atoms with Crippen molar-refractivity contribution in [1.82, 2.24) is 5.32 Å². The first kappa shape index (κ1) is 12.8. The molecular weight excluding hydrogens is 233 g/mol. The normalized spacial score (nSPS) is 12.8. The van der Waals surface area contributed by atoms with Crippen molar-refractivity contribution in [1.29, 1.82) is 0 Å². The number of aliphatic hydroxyl groups is 1. The summed E-state index contributed by atoms with van der Waals surface area (Å²) >= 11 is 11.7. The quantitative estimate of drug-likeness (QED) is 0.785. The summed E-state index contributed by atoms with van der Waals surface area (Å²) in [5, 5.41) is 13.4. The smallest absolute Gasteiger partial charge is 0.0595 e. The van der Waals surface area contributed by atoms with Crippen molar-refractivity contribution < 1.29 is 5.11 Å². The minimum Gasteiger partial charge on any atom is -0.393 e. The van der Waals surface area contributed by atoms with Crippen molar-refractivity contribution in [2.75, 3.05) is 6.54 Å². The van der Waals surface area contributed by atoms with Crippen LogP contribution in [-0.4, -0.2) is 17.8 Å². The molecule has 1 unspecified atom stereocenters. The molecule has 4 heteroatoms. The first-order valence-corrected chi connectivity index (χ1v) is 5.68. The van der Waals surface area contributed by atoms with Crippen LogP contribution in [-0.2, 0) is 6.54 Å². The number of aliphatic hydroxyl groups excluding tert-OH is 1. The zero-order valence-corrected chi connectivity index (χ0v) is 10.1. The van der Waals surface area contributed by atoms with Gasteiger partial charge in [0.25, 0.3) is 0 Å². The molecule has 0 radical (unpaired) electrons. The molecule has 84 valence electrons. The van der Waals surface area contributed by atoms with Crippen LogP contribution < -0.4 is 5.32 Å². The van der Waals surface area contributed by atoms with E-state index in [0.717, 1.165) is 25.1 Å². The monoisotopic (exact) mass is 247 g/mol. The summed E-state index contributed by atoms with van der Waals surface area (Å²) in [6.45, 7) is 3.31. The zero-order valence-electron chi connectivity index (χ0n) is 8.63. The van der Waals surface area contributed by atoms with Crippen LogP contribution in [0.4, 0.5) is 0 Å². The standard InChI is InChI=1S/C11H15Cl2NO/c1-8(15)4-5-14-7-9-2-3-10(12)11(13)6-9/h2-3,6,8,14-15H,4-5,7H2,1H3. The lowest BCUT2D eigenvalue weighted by Crippen LogP contribution is -2.18. The first-order chi connectivity index (χ1) is 7.09. The number of rotatable bonds is 5. The Morgan fingerprint density at radius 3 is 2.67 bits per heavy atom. The van der Waals surface area contributed by atoms with E-state index in [4.69, 9.17) is 28.3 Å². The van der Waals surface area contributed by atoms with Crippen molar-refractivity contribution in [3.05, 3.63) is 33.8 Å². The van der Waals surface area contributed by atoms with Crippen molar-refractivity contribution in [2.45, 2.75) is 26.0 Å². The highest BCUT2D eigenvalue weighted by atomic mass is 35.5. The summed E-state index contributed by atoms with van der Waals surface area (Å²) < 4.78 is 0. The van der Waals surface area contributed by atoms with Gasteiger partial charge in [0.15, 0.2) is 0 Å². The third kappa shape index (κ3) is 4.85. The molecule has 0 saturated carbocycles. The largest absolute Gasteiger partial charge is 0.393 e. The van der Waals surface area contributed by atoms with Crippen LogP contribution in [0.5, 0.6) is 0 Å². The predicted molar refractivity (Wildman–Crippen MR) is 64.5 cm³/mol. The highest BCUT2D eigenvalue weighted by molar-refractivity contribution is 6.42. The highest BCUT2D eigenvalue weighted by Crippen LogP contribution is 2.22. The van der Waals surface area contributed by atoms with Crippen LogP contribution in [0.25, 0.3) is 0 Å². The minimum atomic E-state index is -0.258. The average molecular weight is 248 g/mol. The fourth-order valence-corrected chi connectivity index (χ4v) is 1.51. The van der Waals surface area contributed by atoms with Gasteiger partial charge in [0, 0.05) is 6.54 Å². The Kier molecular flexibility index (Phi) is 5.40. The topological polar surface area (TPSA) is 32.3 Å². The third-order valence-electron chi connectivity index (χ3n) is 2.05. The van der Waals surface area contributed by atoms with Crippen LogP contribution in [0.2, 0.25) is 10.0 Å². The fraction of sp³-hybridized carbons (Fsp3) is 0.455. The van der Waals surface area contributed by atoms with E-state index in [1.54, 1.807) is 13.0 Å². The molecule has 15 heavy (non-hydrogen) atoms. The molecule has 0 aliphatic heterocycles. The van der Waals surface area contributed by atoms with Gasteiger partial charge in [-0.3, -0.25) is 0 Å². The Hall–Kier alpha value is -0.280. The molecule has 0 fully saturated rings. The van der Waals surface area contributed by atoms with Crippen LogP contribution in [0.15, 0.2) is 18.2 Å². The van der Waals surface area contributed by atoms with E-state index in [0.29, 0.717) is 10.0 Å². The Bertz CT molecular complexity index is 315. The number of hydrogen-bond acceptors (Lipinski definition) is 2. The molecule has 0 spiro atoms. The van der Waals surface area contributed by atoms with E-state index in [1.165, 1.54) is 0 Å². The van der Waals surface area contributed by atoms with Crippen molar-refractivity contribution in [2.24, 2.45) is 0 Å². The molecule has 1 atom stereocenters. The molecule has 1 aromatic carbocycles. The maximum absolute atomic E-state index is 9.05. The first-order valence-electron chi connectivity index (χ1n) is 4.92. The molecule has 2 N–H and O–H groups in total. The van der Waals surface area contributed by atoms with Gasteiger partial charge in [-0.05, 0) is 37.6 Å². The summed E-state index contributed by atoms with van der Waals surface area (Å²) in [4.78, 5) is 0. The van der Waals surface area contributed by atoms with Gasteiger partial charge in [-0.15, -0.1) is 0 Å². The Balaban J connectivity index is 2.35. The van der Waals surface area contributed by atoms with E-state index < -0.39 is 0 Å². The van der Waals surface area contributed by atoms with Gasteiger partial charge in [-0.25, -0.2) is 0 Å². The predicted octanol–water partition coefficient (Wildman–Crippen LogP) is 2.85. The third-order valence-corrected chi connectivity index (χ3v) is 2.79. The molecule has 0 heterocycles. The summed E-state index contributed by atoms with van der Waals surface area (Å²) in [5.74, 6) is 0.